The summed E-state index contributed by atoms with van der Waals surface area (Å²) in [4.78, 5) is 4.08. The van der Waals surface area contributed by atoms with Crippen molar-refractivity contribution in [3.8, 4) is 11.3 Å². The first-order valence-corrected chi connectivity index (χ1v) is 4.80. The Morgan fingerprint density at radius 2 is 2.15 bits per heavy atom. The lowest BCUT2D eigenvalue weighted by molar-refractivity contribution is 0.910. The van der Waals surface area contributed by atoms with Crippen LogP contribution in [0.25, 0.3) is 11.3 Å². The molecule has 0 spiro atoms. The molecule has 2 heterocycles. The zero-order valence-electron chi connectivity index (χ0n) is 7.24. The Morgan fingerprint density at radius 1 is 1.31 bits per heavy atom. The summed E-state index contributed by atoms with van der Waals surface area (Å²) in [5.41, 5.74) is 2.30. The molecule has 0 aromatic carbocycles. The van der Waals surface area contributed by atoms with Crippen LogP contribution in [0.5, 0.6) is 0 Å². The molecule has 66 valence electrons. The van der Waals surface area contributed by atoms with Gasteiger partial charge in [-0.05, 0) is 40.2 Å². The molecule has 0 unspecified atom stereocenters. The normalized spacial score (nSPS) is 10.3. The molecule has 0 bridgehead atoms. The van der Waals surface area contributed by atoms with Crippen molar-refractivity contribution < 1.29 is 0 Å². The van der Waals surface area contributed by atoms with Crippen LogP contribution in [0.2, 0.25) is 0 Å². The molecule has 0 saturated heterocycles. The molecule has 2 aromatic heterocycles. The van der Waals surface area contributed by atoms with E-state index >= 15 is 0 Å². The topological polar surface area (TPSA) is 17.8 Å². The van der Waals surface area contributed by atoms with E-state index in [1.165, 1.54) is 5.69 Å². The Labute approximate surface area is 85.4 Å². The highest BCUT2D eigenvalue weighted by molar-refractivity contribution is 9.10. The van der Waals surface area contributed by atoms with Gasteiger partial charge in [0.2, 0.25) is 0 Å². The van der Waals surface area contributed by atoms with Crippen LogP contribution in [-0.2, 0) is 7.05 Å². The smallest absolute Gasteiger partial charge is 0.0848 e. The monoisotopic (exact) mass is 236 g/mol. The molecule has 2 rings (SSSR count). The fourth-order valence-corrected chi connectivity index (χ4v) is 1.61. The van der Waals surface area contributed by atoms with Gasteiger partial charge in [0.25, 0.3) is 0 Å². The molecule has 0 N–H and O–H groups in total. The van der Waals surface area contributed by atoms with E-state index in [2.05, 4.69) is 37.6 Å². The molecule has 3 heteroatoms. The second kappa shape index (κ2) is 3.34. The molecule has 2 aromatic rings. The molecule has 0 aliphatic heterocycles. The average molecular weight is 237 g/mol. The highest BCUT2D eigenvalue weighted by atomic mass is 79.9. The Balaban J connectivity index is 2.53. The fraction of sp³-hybridized carbons (Fsp3) is 0.100. The second-order valence-electron chi connectivity index (χ2n) is 2.84. The fourth-order valence-electron chi connectivity index (χ4n) is 1.29. The first-order valence-electron chi connectivity index (χ1n) is 4.00. The zero-order valence-corrected chi connectivity index (χ0v) is 8.82. The molecule has 0 aliphatic carbocycles. The molecular formula is C10H9BrN2. The predicted molar refractivity (Wildman–Crippen MR) is 56.3 cm³/mol. The van der Waals surface area contributed by atoms with Crippen LogP contribution < -0.4 is 0 Å². The first-order chi connectivity index (χ1) is 6.29. The maximum Gasteiger partial charge on any atom is 0.0848 e. The van der Waals surface area contributed by atoms with Crippen molar-refractivity contribution in [1.29, 1.82) is 0 Å². The summed E-state index contributed by atoms with van der Waals surface area (Å²) in [5, 5.41) is 0. The molecular weight excluding hydrogens is 228 g/mol. The summed E-state index contributed by atoms with van der Waals surface area (Å²) in [7, 11) is 2.02. The highest BCUT2D eigenvalue weighted by Gasteiger charge is 2.03. The van der Waals surface area contributed by atoms with Gasteiger partial charge in [0.15, 0.2) is 0 Å². The molecule has 0 fully saturated rings. The van der Waals surface area contributed by atoms with Gasteiger partial charge in [0.05, 0.1) is 10.3 Å². The SMILES string of the molecule is Cn1c(Br)ccc1-c1cccnc1. The minimum absolute atomic E-state index is 1.08. The van der Waals surface area contributed by atoms with Gasteiger partial charge < -0.3 is 4.57 Å². The van der Waals surface area contributed by atoms with Crippen LogP contribution in [0.1, 0.15) is 0 Å². The third-order valence-corrected chi connectivity index (χ3v) is 2.81. The van der Waals surface area contributed by atoms with Crippen molar-refractivity contribution in [2.45, 2.75) is 0 Å². The zero-order chi connectivity index (χ0) is 9.26. The van der Waals surface area contributed by atoms with Gasteiger partial charge in [-0.2, -0.15) is 0 Å². The van der Waals surface area contributed by atoms with Crippen LogP contribution in [0.3, 0.4) is 0 Å². The molecule has 0 saturated carbocycles. The van der Waals surface area contributed by atoms with E-state index in [4.69, 9.17) is 0 Å². The van der Waals surface area contributed by atoms with Gasteiger partial charge >= 0.3 is 0 Å². The Morgan fingerprint density at radius 3 is 2.69 bits per heavy atom. The van der Waals surface area contributed by atoms with Gasteiger partial charge in [-0.15, -0.1) is 0 Å². The largest absolute Gasteiger partial charge is 0.338 e. The summed E-state index contributed by atoms with van der Waals surface area (Å²) >= 11 is 3.46. The van der Waals surface area contributed by atoms with Gasteiger partial charge in [0, 0.05) is 25.0 Å². The van der Waals surface area contributed by atoms with Gasteiger partial charge in [-0.25, -0.2) is 0 Å². The Hall–Kier alpha value is -1.09. The maximum absolute atomic E-state index is 4.08. The van der Waals surface area contributed by atoms with Crippen LogP contribution >= 0.6 is 15.9 Å². The first kappa shape index (κ1) is 8.51. The summed E-state index contributed by atoms with van der Waals surface area (Å²) in [6.45, 7) is 0. The number of rotatable bonds is 1. The van der Waals surface area contributed by atoms with Crippen molar-refractivity contribution >= 4 is 15.9 Å². The van der Waals surface area contributed by atoms with E-state index in [1.807, 2.05) is 25.4 Å². The molecule has 0 atom stereocenters. The predicted octanol–water partition coefficient (Wildman–Crippen LogP) is 2.85. The third-order valence-electron chi connectivity index (χ3n) is 2.02. The van der Waals surface area contributed by atoms with Gasteiger partial charge in [-0.1, -0.05) is 0 Å². The third kappa shape index (κ3) is 1.52. The minimum Gasteiger partial charge on any atom is -0.338 e. The Bertz CT molecular complexity index is 406. The van der Waals surface area contributed by atoms with Crippen LogP contribution in [0.4, 0.5) is 0 Å². The van der Waals surface area contributed by atoms with E-state index in [-0.39, 0.29) is 0 Å². The highest BCUT2D eigenvalue weighted by Crippen LogP contribution is 2.22. The number of pyridine rings is 1. The minimum atomic E-state index is 1.08. The summed E-state index contributed by atoms with van der Waals surface area (Å²) in [5.74, 6) is 0. The van der Waals surface area contributed by atoms with Crippen molar-refractivity contribution in [3.63, 3.8) is 0 Å². The van der Waals surface area contributed by atoms with Crippen LogP contribution in [-0.4, -0.2) is 9.55 Å². The quantitative estimate of drug-likeness (QED) is 0.745. The molecule has 0 radical (unpaired) electrons. The molecule has 13 heavy (non-hydrogen) atoms. The van der Waals surface area contributed by atoms with E-state index in [9.17, 15) is 0 Å². The van der Waals surface area contributed by atoms with Crippen LogP contribution in [0.15, 0.2) is 41.3 Å². The van der Waals surface area contributed by atoms with E-state index in [0.29, 0.717) is 0 Å². The lowest BCUT2D eigenvalue weighted by Crippen LogP contribution is -1.91. The summed E-state index contributed by atoms with van der Waals surface area (Å²) in [6, 6.07) is 8.09. The average Bonchev–Trinajstić information content (AvgIpc) is 2.49. The van der Waals surface area contributed by atoms with E-state index < -0.39 is 0 Å². The Kier molecular flexibility index (Phi) is 2.19. The molecule has 2 nitrogen and oxygen atoms in total. The summed E-state index contributed by atoms with van der Waals surface area (Å²) < 4.78 is 3.16. The number of halogens is 1. The lowest BCUT2D eigenvalue weighted by atomic mass is 10.2. The standard InChI is InChI=1S/C10H9BrN2/c1-13-9(4-5-10(13)11)8-3-2-6-12-7-8/h2-7H,1H3. The lowest BCUT2D eigenvalue weighted by Gasteiger charge is -2.02. The number of hydrogen-bond acceptors (Lipinski definition) is 1. The van der Waals surface area contributed by atoms with Crippen LogP contribution in [0, 0.1) is 0 Å². The van der Waals surface area contributed by atoms with Crippen molar-refractivity contribution in [3.05, 3.63) is 41.3 Å². The van der Waals surface area contributed by atoms with E-state index in [0.717, 1.165) is 10.2 Å². The summed E-state index contributed by atoms with van der Waals surface area (Å²) in [6.07, 6.45) is 3.64. The second-order valence-corrected chi connectivity index (χ2v) is 3.65. The number of hydrogen-bond donors (Lipinski definition) is 0. The maximum atomic E-state index is 4.08. The van der Waals surface area contributed by atoms with E-state index in [1.54, 1.807) is 6.20 Å². The van der Waals surface area contributed by atoms with Gasteiger partial charge in [0.1, 0.15) is 0 Å². The van der Waals surface area contributed by atoms with Crippen molar-refractivity contribution in [2.75, 3.05) is 0 Å². The van der Waals surface area contributed by atoms with Gasteiger partial charge in [-0.3, -0.25) is 4.98 Å². The number of nitrogens with zero attached hydrogens (tertiary/aromatic N) is 2. The van der Waals surface area contributed by atoms with Crippen molar-refractivity contribution in [2.24, 2.45) is 7.05 Å². The molecule has 0 aliphatic rings. The molecule has 0 amide bonds. The van der Waals surface area contributed by atoms with Crippen molar-refractivity contribution in [1.82, 2.24) is 9.55 Å². The number of aromatic nitrogens is 2.